The molecule has 1 rings (SSSR count). The van der Waals surface area contributed by atoms with Gasteiger partial charge in [0.15, 0.2) is 0 Å². The second-order valence-corrected chi connectivity index (χ2v) is 3.28. The summed E-state index contributed by atoms with van der Waals surface area (Å²) in [5, 5.41) is 8.95. The number of hydrogen-bond acceptors (Lipinski definition) is 2. The molecule has 1 aliphatic heterocycles. The van der Waals surface area contributed by atoms with Crippen LogP contribution in [0.5, 0.6) is 0 Å². The predicted octanol–water partition coefficient (Wildman–Crippen LogP) is 1.18. The maximum atomic E-state index is 8.95. The summed E-state index contributed by atoms with van der Waals surface area (Å²) in [5.74, 6) is 0.707. The minimum Gasteiger partial charge on any atom is -0.393 e. The third-order valence-electron chi connectivity index (χ3n) is 2.08. The van der Waals surface area contributed by atoms with Gasteiger partial charge in [0, 0.05) is 5.92 Å². The first-order valence-electron chi connectivity index (χ1n) is 4.00. The van der Waals surface area contributed by atoms with E-state index in [0.717, 1.165) is 19.4 Å². The van der Waals surface area contributed by atoms with Crippen molar-refractivity contribution in [2.45, 2.75) is 38.9 Å². The normalized spacial score (nSPS) is 35.1. The van der Waals surface area contributed by atoms with E-state index in [-0.39, 0.29) is 6.10 Å². The molecule has 3 unspecified atom stereocenters. The fourth-order valence-electron chi connectivity index (χ4n) is 1.20. The predicted molar refractivity (Wildman–Crippen MR) is 39.8 cm³/mol. The molecule has 0 aromatic heterocycles. The Labute approximate surface area is 62.2 Å². The van der Waals surface area contributed by atoms with E-state index in [1.54, 1.807) is 0 Å². The van der Waals surface area contributed by atoms with Gasteiger partial charge in [-0.15, -0.1) is 0 Å². The highest BCUT2D eigenvalue weighted by Gasteiger charge is 2.27. The smallest absolute Gasteiger partial charge is 0.0623 e. The van der Waals surface area contributed by atoms with Crippen LogP contribution in [0.2, 0.25) is 0 Å². The Morgan fingerprint density at radius 2 is 2.40 bits per heavy atom. The molecule has 10 heavy (non-hydrogen) atoms. The van der Waals surface area contributed by atoms with Gasteiger partial charge in [-0.3, -0.25) is 0 Å². The van der Waals surface area contributed by atoms with Gasteiger partial charge in [0.25, 0.3) is 0 Å². The molecule has 0 bridgehead atoms. The van der Waals surface area contributed by atoms with Gasteiger partial charge in [-0.05, 0) is 19.8 Å². The average molecular weight is 144 g/mol. The Morgan fingerprint density at radius 3 is 2.70 bits per heavy atom. The minimum absolute atomic E-state index is 0.170. The maximum absolute atomic E-state index is 8.95. The lowest BCUT2D eigenvalue weighted by atomic mass is 9.95. The summed E-state index contributed by atoms with van der Waals surface area (Å²) in [4.78, 5) is 0. The van der Waals surface area contributed by atoms with E-state index in [9.17, 15) is 0 Å². The van der Waals surface area contributed by atoms with Crippen molar-refractivity contribution in [1.82, 2.24) is 0 Å². The Balaban J connectivity index is 2.03. The first kappa shape index (κ1) is 8.02. The van der Waals surface area contributed by atoms with Crippen molar-refractivity contribution in [1.29, 1.82) is 0 Å². The van der Waals surface area contributed by atoms with Crippen LogP contribution >= 0.6 is 0 Å². The first-order chi connectivity index (χ1) is 4.70. The van der Waals surface area contributed by atoms with E-state index in [4.69, 9.17) is 9.84 Å². The Hall–Kier alpha value is -0.0800. The summed E-state index contributed by atoms with van der Waals surface area (Å²) < 4.78 is 5.28. The Bertz CT molecular complexity index is 101. The quantitative estimate of drug-likeness (QED) is 0.644. The molecule has 1 aliphatic rings. The summed E-state index contributed by atoms with van der Waals surface area (Å²) in [7, 11) is 0. The van der Waals surface area contributed by atoms with Crippen LogP contribution in [0, 0.1) is 5.92 Å². The van der Waals surface area contributed by atoms with Crippen molar-refractivity contribution >= 4 is 0 Å². The minimum atomic E-state index is -0.170. The first-order valence-corrected chi connectivity index (χ1v) is 4.00. The van der Waals surface area contributed by atoms with Gasteiger partial charge in [0.05, 0.1) is 18.8 Å². The Morgan fingerprint density at radius 1 is 1.70 bits per heavy atom. The fourth-order valence-corrected chi connectivity index (χ4v) is 1.20. The topological polar surface area (TPSA) is 29.5 Å². The molecule has 0 saturated carbocycles. The second-order valence-electron chi connectivity index (χ2n) is 3.28. The van der Waals surface area contributed by atoms with Crippen LogP contribution in [0.3, 0.4) is 0 Å². The zero-order valence-electron chi connectivity index (χ0n) is 6.71. The molecule has 0 aromatic carbocycles. The Kier molecular flexibility index (Phi) is 2.69. The molecule has 0 radical (unpaired) electrons. The monoisotopic (exact) mass is 144 g/mol. The van der Waals surface area contributed by atoms with E-state index in [1.807, 2.05) is 6.92 Å². The average Bonchev–Trinajstić information content (AvgIpc) is 1.84. The maximum Gasteiger partial charge on any atom is 0.0623 e. The zero-order valence-corrected chi connectivity index (χ0v) is 6.71. The molecule has 1 N–H and O–H groups in total. The number of aliphatic hydroxyl groups excluding tert-OH is 1. The summed E-state index contributed by atoms with van der Waals surface area (Å²) in [6.45, 7) is 4.92. The number of aliphatic hydroxyl groups is 1. The van der Waals surface area contributed by atoms with E-state index < -0.39 is 0 Å². The van der Waals surface area contributed by atoms with E-state index in [2.05, 4.69) is 6.92 Å². The van der Waals surface area contributed by atoms with Crippen LogP contribution in [0.15, 0.2) is 0 Å². The van der Waals surface area contributed by atoms with Gasteiger partial charge in [0.1, 0.15) is 0 Å². The molecule has 60 valence electrons. The summed E-state index contributed by atoms with van der Waals surface area (Å²) in [6, 6.07) is 0. The van der Waals surface area contributed by atoms with E-state index >= 15 is 0 Å². The van der Waals surface area contributed by atoms with Crippen molar-refractivity contribution in [2.75, 3.05) is 6.61 Å². The fraction of sp³-hybridized carbons (Fsp3) is 1.00. The van der Waals surface area contributed by atoms with Gasteiger partial charge in [-0.25, -0.2) is 0 Å². The van der Waals surface area contributed by atoms with Crippen LogP contribution in [0.4, 0.5) is 0 Å². The molecule has 0 aromatic rings. The van der Waals surface area contributed by atoms with Crippen molar-refractivity contribution < 1.29 is 9.84 Å². The van der Waals surface area contributed by atoms with Gasteiger partial charge in [-0.2, -0.15) is 0 Å². The molecular formula is C8H16O2. The highest BCUT2D eigenvalue weighted by atomic mass is 16.5. The van der Waals surface area contributed by atoms with Crippen LogP contribution in [-0.2, 0) is 4.74 Å². The SMILES string of the molecule is CC(O)CCC1OCC1C. The highest BCUT2D eigenvalue weighted by Crippen LogP contribution is 2.23. The van der Waals surface area contributed by atoms with Crippen LogP contribution in [0.25, 0.3) is 0 Å². The standard InChI is InChI=1S/C8H16O2/c1-6-5-10-8(6)4-3-7(2)9/h6-9H,3-5H2,1-2H3. The summed E-state index contributed by atoms with van der Waals surface area (Å²) >= 11 is 0. The largest absolute Gasteiger partial charge is 0.393 e. The van der Waals surface area contributed by atoms with Gasteiger partial charge < -0.3 is 9.84 Å². The lowest BCUT2D eigenvalue weighted by molar-refractivity contribution is -0.113. The number of rotatable bonds is 3. The molecular weight excluding hydrogens is 128 g/mol. The third-order valence-corrected chi connectivity index (χ3v) is 2.08. The molecule has 2 nitrogen and oxygen atoms in total. The highest BCUT2D eigenvalue weighted by molar-refractivity contribution is 4.75. The molecule has 1 heterocycles. The third kappa shape index (κ3) is 1.96. The lowest BCUT2D eigenvalue weighted by Crippen LogP contribution is -2.37. The summed E-state index contributed by atoms with van der Waals surface area (Å²) in [6.07, 6.45) is 2.14. The zero-order chi connectivity index (χ0) is 7.56. The molecule has 3 atom stereocenters. The second kappa shape index (κ2) is 3.35. The van der Waals surface area contributed by atoms with Gasteiger partial charge >= 0.3 is 0 Å². The summed E-state index contributed by atoms with van der Waals surface area (Å²) in [5.41, 5.74) is 0. The van der Waals surface area contributed by atoms with Crippen molar-refractivity contribution in [2.24, 2.45) is 5.92 Å². The van der Waals surface area contributed by atoms with E-state index in [1.165, 1.54) is 0 Å². The molecule has 1 saturated heterocycles. The molecule has 2 heteroatoms. The molecule has 0 amide bonds. The lowest BCUT2D eigenvalue weighted by Gasteiger charge is -2.34. The van der Waals surface area contributed by atoms with Crippen LogP contribution < -0.4 is 0 Å². The molecule has 0 aliphatic carbocycles. The number of ether oxygens (including phenoxy) is 1. The van der Waals surface area contributed by atoms with Crippen molar-refractivity contribution in [3.63, 3.8) is 0 Å². The molecule has 1 fully saturated rings. The molecule has 0 spiro atoms. The van der Waals surface area contributed by atoms with Gasteiger partial charge in [-0.1, -0.05) is 6.92 Å². The van der Waals surface area contributed by atoms with Crippen LogP contribution in [0.1, 0.15) is 26.7 Å². The van der Waals surface area contributed by atoms with Crippen molar-refractivity contribution in [3.05, 3.63) is 0 Å². The number of hydrogen-bond donors (Lipinski definition) is 1. The van der Waals surface area contributed by atoms with Gasteiger partial charge in [0.2, 0.25) is 0 Å². The van der Waals surface area contributed by atoms with Crippen LogP contribution in [-0.4, -0.2) is 23.9 Å². The van der Waals surface area contributed by atoms with Crippen molar-refractivity contribution in [3.8, 4) is 0 Å². The van der Waals surface area contributed by atoms with E-state index in [0.29, 0.717) is 12.0 Å².